The lowest BCUT2D eigenvalue weighted by atomic mass is 10.2. The first kappa shape index (κ1) is 19.6. The molecule has 1 heterocycles. The highest BCUT2D eigenvalue weighted by molar-refractivity contribution is 7.81. The van der Waals surface area contributed by atoms with Crippen molar-refractivity contribution in [2.45, 2.75) is 0 Å². The number of carbonyl (C=O) groups is 2. The fourth-order valence-electron chi connectivity index (χ4n) is 2.20. The van der Waals surface area contributed by atoms with Crippen molar-refractivity contribution in [3.05, 3.63) is 18.5 Å². The summed E-state index contributed by atoms with van der Waals surface area (Å²) in [5, 5.41) is 9.06. The van der Waals surface area contributed by atoms with Crippen LogP contribution >= 0.6 is 12.6 Å². The molecule has 1 aromatic carbocycles. The van der Waals surface area contributed by atoms with Crippen molar-refractivity contribution < 1.29 is 19.1 Å². The average Bonchev–Trinajstić information content (AvgIpc) is 2.68. The number of hydrogen-bond acceptors (Lipinski definition) is 8. The van der Waals surface area contributed by atoms with Crippen LogP contribution in [0.25, 0.3) is 10.9 Å². The van der Waals surface area contributed by atoms with Crippen LogP contribution in [-0.4, -0.2) is 61.4 Å². The SMILES string of the molecule is COc1cc2ncnc(NCCNC(=O)CNC(=O)CS)c2cc1OC. The Balaban J connectivity index is 1.94. The number of methoxy groups -OCH3 is 2. The molecule has 2 rings (SSSR count). The van der Waals surface area contributed by atoms with Crippen molar-refractivity contribution in [1.29, 1.82) is 0 Å². The van der Waals surface area contributed by atoms with Crippen molar-refractivity contribution in [2.24, 2.45) is 0 Å². The van der Waals surface area contributed by atoms with Gasteiger partial charge in [0, 0.05) is 24.5 Å². The molecule has 0 aliphatic rings. The molecular formula is C16H21N5O4S. The van der Waals surface area contributed by atoms with E-state index in [4.69, 9.17) is 9.47 Å². The van der Waals surface area contributed by atoms with Gasteiger partial charge >= 0.3 is 0 Å². The Labute approximate surface area is 156 Å². The number of hydrogen-bond donors (Lipinski definition) is 4. The molecule has 0 aliphatic heterocycles. The predicted molar refractivity (Wildman–Crippen MR) is 101 cm³/mol. The molecule has 26 heavy (non-hydrogen) atoms. The zero-order valence-corrected chi connectivity index (χ0v) is 15.4. The third kappa shape index (κ3) is 5.12. The van der Waals surface area contributed by atoms with Gasteiger partial charge in [-0.15, -0.1) is 0 Å². The molecule has 140 valence electrons. The minimum Gasteiger partial charge on any atom is -0.493 e. The van der Waals surface area contributed by atoms with Gasteiger partial charge in [-0.2, -0.15) is 12.6 Å². The molecule has 10 heteroatoms. The molecule has 0 radical (unpaired) electrons. The minimum atomic E-state index is -0.293. The summed E-state index contributed by atoms with van der Waals surface area (Å²) in [6.45, 7) is 0.744. The lowest BCUT2D eigenvalue weighted by molar-refractivity contribution is -0.124. The lowest BCUT2D eigenvalue weighted by Gasteiger charge is -2.12. The molecule has 1 aromatic heterocycles. The van der Waals surface area contributed by atoms with Gasteiger partial charge in [0.25, 0.3) is 0 Å². The van der Waals surface area contributed by atoms with Crippen LogP contribution in [0.4, 0.5) is 5.82 Å². The summed E-state index contributed by atoms with van der Waals surface area (Å²) in [5.74, 6) is 1.25. The smallest absolute Gasteiger partial charge is 0.239 e. The Kier molecular flexibility index (Phi) is 7.27. The highest BCUT2D eigenvalue weighted by Gasteiger charge is 2.10. The van der Waals surface area contributed by atoms with Crippen LogP contribution in [0.15, 0.2) is 18.5 Å². The largest absolute Gasteiger partial charge is 0.493 e. The average molecular weight is 379 g/mol. The van der Waals surface area contributed by atoms with Gasteiger partial charge in [0.05, 0.1) is 32.0 Å². The Bertz CT molecular complexity index is 787. The second-order valence-electron chi connectivity index (χ2n) is 5.16. The van der Waals surface area contributed by atoms with Crippen LogP contribution in [0.2, 0.25) is 0 Å². The summed E-state index contributed by atoms with van der Waals surface area (Å²) in [4.78, 5) is 31.1. The third-order valence-electron chi connectivity index (χ3n) is 3.47. The number of nitrogens with one attached hydrogen (secondary N) is 3. The Hall–Kier alpha value is -2.75. The maximum absolute atomic E-state index is 11.6. The van der Waals surface area contributed by atoms with Crippen LogP contribution in [0.1, 0.15) is 0 Å². The molecule has 2 aromatic rings. The number of carbonyl (C=O) groups excluding carboxylic acids is 2. The van der Waals surface area contributed by atoms with Gasteiger partial charge in [-0.3, -0.25) is 9.59 Å². The molecule has 0 spiro atoms. The van der Waals surface area contributed by atoms with Gasteiger partial charge in [0.2, 0.25) is 11.8 Å². The molecule has 0 saturated carbocycles. The number of benzene rings is 1. The van der Waals surface area contributed by atoms with Crippen molar-refractivity contribution in [1.82, 2.24) is 20.6 Å². The van der Waals surface area contributed by atoms with E-state index < -0.39 is 0 Å². The van der Waals surface area contributed by atoms with Crippen molar-refractivity contribution in [2.75, 3.05) is 44.9 Å². The van der Waals surface area contributed by atoms with Crippen LogP contribution < -0.4 is 25.4 Å². The molecule has 0 saturated heterocycles. The van der Waals surface area contributed by atoms with Gasteiger partial charge in [0.1, 0.15) is 12.1 Å². The monoisotopic (exact) mass is 379 g/mol. The zero-order chi connectivity index (χ0) is 18.9. The van der Waals surface area contributed by atoms with E-state index in [9.17, 15) is 9.59 Å². The van der Waals surface area contributed by atoms with Crippen molar-refractivity contribution >= 4 is 41.2 Å². The summed E-state index contributed by atoms with van der Waals surface area (Å²) in [5.41, 5.74) is 0.707. The number of rotatable bonds is 9. The number of amides is 2. The normalized spacial score (nSPS) is 10.3. The Morgan fingerprint density at radius 3 is 2.46 bits per heavy atom. The van der Waals surface area contributed by atoms with Crippen molar-refractivity contribution in [3.8, 4) is 11.5 Å². The summed E-state index contributed by atoms with van der Waals surface area (Å²) in [6.07, 6.45) is 1.45. The van der Waals surface area contributed by atoms with Crippen LogP contribution in [0.5, 0.6) is 11.5 Å². The number of thiol groups is 1. The maximum Gasteiger partial charge on any atom is 0.239 e. The zero-order valence-electron chi connectivity index (χ0n) is 14.5. The van der Waals surface area contributed by atoms with Crippen LogP contribution in [-0.2, 0) is 9.59 Å². The number of aromatic nitrogens is 2. The molecule has 2 amide bonds. The second-order valence-corrected chi connectivity index (χ2v) is 5.47. The predicted octanol–water partition coefficient (Wildman–Crippen LogP) is 0.221. The first-order chi connectivity index (χ1) is 12.6. The molecule has 0 fully saturated rings. The van der Waals surface area contributed by atoms with E-state index in [0.717, 1.165) is 5.39 Å². The lowest BCUT2D eigenvalue weighted by Crippen LogP contribution is -2.39. The van der Waals surface area contributed by atoms with Gasteiger partial charge in [0.15, 0.2) is 11.5 Å². The second kappa shape index (κ2) is 9.66. The van der Waals surface area contributed by atoms with Gasteiger partial charge in [-0.05, 0) is 6.07 Å². The number of ether oxygens (including phenoxy) is 2. The minimum absolute atomic E-state index is 0.0455. The topological polar surface area (TPSA) is 114 Å². The number of nitrogens with zero attached hydrogens (tertiary/aromatic N) is 2. The molecule has 0 atom stereocenters. The quantitative estimate of drug-likeness (QED) is 0.364. The summed E-state index contributed by atoms with van der Waals surface area (Å²) in [6, 6.07) is 3.56. The molecule has 0 aliphatic carbocycles. The fourth-order valence-corrected chi connectivity index (χ4v) is 2.32. The number of fused-ring (bicyclic) bond motifs is 1. The molecule has 0 unspecified atom stereocenters. The van der Waals surface area contributed by atoms with Gasteiger partial charge in [-0.25, -0.2) is 9.97 Å². The van der Waals surface area contributed by atoms with Crippen LogP contribution in [0.3, 0.4) is 0 Å². The standard InChI is InChI=1S/C16H21N5O4S/c1-24-12-5-10-11(6-13(12)25-2)20-9-21-16(10)18-4-3-17-14(22)7-19-15(23)8-26/h5-6,9,26H,3-4,7-8H2,1-2H3,(H,17,22)(H,19,23)(H,18,20,21). The molecule has 9 nitrogen and oxygen atoms in total. The summed E-state index contributed by atoms with van der Waals surface area (Å²) in [7, 11) is 3.12. The van der Waals surface area contributed by atoms with E-state index in [1.165, 1.54) is 6.33 Å². The highest BCUT2D eigenvalue weighted by Crippen LogP contribution is 2.33. The van der Waals surface area contributed by atoms with E-state index in [0.29, 0.717) is 35.9 Å². The molecule has 0 bridgehead atoms. The van der Waals surface area contributed by atoms with E-state index >= 15 is 0 Å². The first-order valence-corrected chi connectivity index (χ1v) is 8.47. The summed E-state index contributed by atoms with van der Waals surface area (Å²) >= 11 is 3.82. The highest BCUT2D eigenvalue weighted by atomic mass is 32.1. The summed E-state index contributed by atoms with van der Waals surface area (Å²) < 4.78 is 10.6. The van der Waals surface area contributed by atoms with E-state index in [1.54, 1.807) is 26.4 Å². The maximum atomic E-state index is 11.6. The van der Waals surface area contributed by atoms with E-state index in [2.05, 4.69) is 38.5 Å². The van der Waals surface area contributed by atoms with Gasteiger partial charge in [-0.1, -0.05) is 0 Å². The molecule has 3 N–H and O–H groups in total. The van der Waals surface area contributed by atoms with Gasteiger partial charge < -0.3 is 25.4 Å². The Morgan fingerprint density at radius 2 is 1.77 bits per heavy atom. The first-order valence-electron chi connectivity index (χ1n) is 7.84. The number of anilines is 1. The fraction of sp³-hybridized carbons (Fsp3) is 0.375. The van der Waals surface area contributed by atoms with Crippen molar-refractivity contribution in [3.63, 3.8) is 0 Å². The van der Waals surface area contributed by atoms with E-state index in [-0.39, 0.29) is 24.1 Å². The van der Waals surface area contributed by atoms with Crippen LogP contribution in [0, 0.1) is 0 Å². The Morgan fingerprint density at radius 1 is 1.04 bits per heavy atom. The van der Waals surface area contributed by atoms with E-state index in [1.807, 2.05) is 0 Å². The molecular weight excluding hydrogens is 358 g/mol. The third-order valence-corrected chi connectivity index (χ3v) is 3.76.